The summed E-state index contributed by atoms with van der Waals surface area (Å²) in [7, 11) is 0. The Morgan fingerprint density at radius 3 is 2.30 bits per heavy atom. The fourth-order valence-corrected chi connectivity index (χ4v) is 3.09. The summed E-state index contributed by atoms with van der Waals surface area (Å²) < 4.78 is 0. The van der Waals surface area contributed by atoms with Crippen LogP contribution in [0.15, 0.2) is 48.5 Å². The van der Waals surface area contributed by atoms with E-state index in [1.54, 1.807) is 0 Å². The van der Waals surface area contributed by atoms with Gasteiger partial charge in [0.15, 0.2) is 0 Å². The molecule has 3 N–H and O–H groups in total. The largest absolute Gasteiger partial charge is 0.370 e. The number of amides is 1. The molecule has 102 valence electrons. The lowest BCUT2D eigenvalue weighted by Gasteiger charge is -2.18. The van der Waals surface area contributed by atoms with Crippen LogP contribution in [0.25, 0.3) is 0 Å². The van der Waals surface area contributed by atoms with Crippen molar-refractivity contribution in [2.45, 2.75) is 25.3 Å². The highest BCUT2D eigenvalue weighted by atomic mass is 16.1. The molecule has 1 aliphatic rings. The number of hydrogen-bond donors (Lipinski definition) is 2. The summed E-state index contributed by atoms with van der Waals surface area (Å²) in [4.78, 5) is 11.8. The van der Waals surface area contributed by atoms with Crippen LogP contribution in [0, 0.1) is 0 Å². The Balaban J connectivity index is 2.25. The molecule has 1 aliphatic heterocycles. The maximum atomic E-state index is 11.8. The number of para-hydroxylation sites is 1. The first-order valence-corrected chi connectivity index (χ1v) is 6.96. The Bertz CT molecular complexity index is 651. The predicted molar refractivity (Wildman–Crippen MR) is 80.6 cm³/mol. The number of benzene rings is 2. The van der Waals surface area contributed by atoms with E-state index in [-0.39, 0.29) is 5.91 Å². The van der Waals surface area contributed by atoms with Gasteiger partial charge in [0.2, 0.25) is 5.91 Å². The summed E-state index contributed by atoms with van der Waals surface area (Å²) in [6, 6.07) is 15.8. The van der Waals surface area contributed by atoms with Crippen LogP contribution in [0.4, 0.5) is 5.69 Å². The van der Waals surface area contributed by atoms with Crippen molar-refractivity contribution in [2.24, 2.45) is 5.73 Å². The number of carbonyl (C=O) groups excluding carboxylic acids is 1. The molecule has 0 aliphatic carbocycles. The second-order valence-corrected chi connectivity index (χ2v) is 5.16. The van der Waals surface area contributed by atoms with Crippen molar-refractivity contribution in [1.29, 1.82) is 0 Å². The van der Waals surface area contributed by atoms with Gasteiger partial charge in [-0.15, -0.1) is 0 Å². The third kappa shape index (κ3) is 1.95. The molecule has 2 atom stereocenters. The van der Waals surface area contributed by atoms with Gasteiger partial charge in [-0.25, -0.2) is 0 Å². The van der Waals surface area contributed by atoms with Gasteiger partial charge in [0.05, 0.1) is 0 Å². The molecule has 3 nitrogen and oxygen atoms in total. The van der Waals surface area contributed by atoms with Crippen molar-refractivity contribution < 1.29 is 4.79 Å². The maximum Gasteiger partial charge on any atom is 0.244 e. The van der Waals surface area contributed by atoms with Crippen molar-refractivity contribution in [3.05, 3.63) is 65.2 Å². The van der Waals surface area contributed by atoms with Gasteiger partial charge < -0.3 is 11.1 Å². The van der Waals surface area contributed by atoms with Crippen LogP contribution in [0.1, 0.15) is 42.0 Å². The molecule has 0 spiro atoms. The molecule has 20 heavy (non-hydrogen) atoms. The molecule has 0 saturated heterocycles. The third-order valence-electron chi connectivity index (χ3n) is 4.01. The van der Waals surface area contributed by atoms with Crippen LogP contribution >= 0.6 is 0 Å². The molecule has 0 unspecified atom stereocenters. The smallest absolute Gasteiger partial charge is 0.244 e. The normalized spacial score (nSPS) is 20.2. The number of primary amides is 1. The minimum absolute atomic E-state index is 0.291. The summed E-state index contributed by atoms with van der Waals surface area (Å²) in [5, 5.41) is 3.30. The van der Waals surface area contributed by atoms with Crippen LogP contribution in [0.2, 0.25) is 0 Å². The van der Waals surface area contributed by atoms with E-state index in [0.29, 0.717) is 5.92 Å². The molecule has 0 aromatic heterocycles. The van der Waals surface area contributed by atoms with Gasteiger partial charge in [-0.3, -0.25) is 4.79 Å². The Labute approximate surface area is 118 Å². The SMILES string of the molecule is CC[C@H]1c2ccccc2N[C@@H](C(N)=O)c2ccccc21. The van der Waals surface area contributed by atoms with E-state index in [2.05, 4.69) is 24.4 Å². The van der Waals surface area contributed by atoms with Crippen molar-refractivity contribution in [3.8, 4) is 0 Å². The highest BCUT2D eigenvalue weighted by Crippen LogP contribution is 2.40. The van der Waals surface area contributed by atoms with Crippen molar-refractivity contribution in [3.63, 3.8) is 0 Å². The standard InChI is InChI=1S/C17H18N2O/c1-2-11-12-7-3-4-9-14(12)16(17(18)20)19-15-10-6-5-8-13(11)15/h3-11,16,19H,2H2,1H3,(H2,18,20)/t11-,16-/m1/s1. The van der Waals surface area contributed by atoms with E-state index in [4.69, 9.17) is 5.73 Å². The molecule has 0 saturated carbocycles. The fraction of sp³-hybridized carbons (Fsp3) is 0.235. The summed E-state index contributed by atoms with van der Waals surface area (Å²) in [5.74, 6) is -0.0525. The Hall–Kier alpha value is -2.29. The molecule has 3 rings (SSSR count). The Kier molecular flexibility index (Phi) is 3.18. The molecule has 0 fully saturated rings. The van der Waals surface area contributed by atoms with Gasteiger partial charge in [0.25, 0.3) is 0 Å². The number of hydrogen-bond acceptors (Lipinski definition) is 2. The van der Waals surface area contributed by atoms with E-state index < -0.39 is 6.04 Å². The van der Waals surface area contributed by atoms with E-state index in [0.717, 1.165) is 17.7 Å². The third-order valence-corrected chi connectivity index (χ3v) is 4.01. The summed E-state index contributed by atoms with van der Waals surface area (Å²) in [5.41, 5.74) is 10.0. The molecule has 3 heteroatoms. The second kappa shape index (κ2) is 5.00. The average molecular weight is 266 g/mol. The zero-order valence-electron chi connectivity index (χ0n) is 11.5. The molecule has 2 aromatic rings. The van der Waals surface area contributed by atoms with Gasteiger partial charge in [-0.1, -0.05) is 49.4 Å². The summed E-state index contributed by atoms with van der Waals surface area (Å²) >= 11 is 0. The average Bonchev–Trinajstić information content (AvgIpc) is 2.61. The van der Waals surface area contributed by atoms with Gasteiger partial charge >= 0.3 is 0 Å². The van der Waals surface area contributed by atoms with Crippen LogP contribution in [0.5, 0.6) is 0 Å². The van der Waals surface area contributed by atoms with Crippen LogP contribution in [-0.2, 0) is 4.79 Å². The number of nitrogens with two attached hydrogens (primary N) is 1. The molecule has 1 amide bonds. The maximum absolute atomic E-state index is 11.8. The lowest BCUT2D eigenvalue weighted by molar-refractivity contribution is -0.118. The van der Waals surface area contributed by atoms with Gasteiger partial charge in [-0.2, -0.15) is 0 Å². The molecule has 1 heterocycles. The number of carbonyl (C=O) groups is 1. The molecule has 2 aromatic carbocycles. The van der Waals surface area contributed by atoms with Crippen LogP contribution in [-0.4, -0.2) is 5.91 Å². The quantitative estimate of drug-likeness (QED) is 0.877. The van der Waals surface area contributed by atoms with E-state index >= 15 is 0 Å². The first kappa shape index (κ1) is 12.7. The number of fused-ring (bicyclic) bond motifs is 2. The van der Waals surface area contributed by atoms with Crippen LogP contribution < -0.4 is 11.1 Å². The number of anilines is 1. The zero-order valence-corrected chi connectivity index (χ0v) is 11.5. The lowest BCUT2D eigenvalue weighted by Crippen LogP contribution is -2.27. The first-order chi connectivity index (χ1) is 9.72. The number of nitrogens with one attached hydrogen (secondary N) is 1. The van der Waals surface area contributed by atoms with Crippen LogP contribution in [0.3, 0.4) is 0 Å². The second-order valence-electron chi connectivity index (χ2n) is 5.16. The topological polar surface area (TPSA) is 55.1 Å². The first-order valence-electron chi connectivity index (χ1n) is 6.96. The molecule has 0 bridgehead atoms. The fourth-order valence-electron chi connectivity index (χ4n) is 3.09. The van der Waals surface area contributed by atoms with Crippen molar-refractivity contribution in [1.82, 2.24) is 0 Å². The zero-order chi connectivity index (χ0) is 14.1. The van der Waals surface area contributed by atoms with E-state index in [1.165, 1.54) is 11.1 Å². The predicted octanol–water partition coefficient (Wildman–Crippen LogP) is 3.18. The minimum Gasteiger partial charge on any atom is -0.370 e. The summed E-state index contributed by atoms with van der Waals surface area (Å²) in [6.45, 7) is 2.17. The van der Waals surface area contributed by atoms with Crippen molar-refractivity contribution >= 4 is 11.6 Å². The van der Waals surface area contributed by atoms with E-state index in [9.17, 15) is 4.79 Å². The van der Waals surface area contributed by atoms with Crippen molar-refractivity contribution in [2.75, 3.05) is 5.32 Å². The molecular formula is C17H18N2O. The monoisotopic (exact) mass is 266 g/mol. The Morgan fingerprint density at radius 1 is 1.05 bits per heavy atom. The minimum atomic E-state index is -0.469. The molecule has 0 radical (unpaired) electrons. The van der Waals surface area contributed by atoms with Gasteiger partial charge in [0.1, 0.15) is 6.04 Å². The highest BCUT2D eigenvalue weighted by molar-refractivity contribution is 5.86. The molecular weight excluding hydrogens is 248 g/mol. The highest BCUT2D eigenvalue weighted by Gasteiger charge is 2.29. The lowest BCUT2D eigenvalue weighted by atomic mass is 9.85. The van der Waals surface area contributed by atoms with Gasteiger partial charge in [0, 0.05) is 11.6 Å². The number of rotatable bonds is 2. The Morgan fingerprint density at radius 2 is 1.65 bits per heavy atom. The van der Waals surface area contributed by atoms with E-state index in [1.807, 2.05) is 36.4 Å². The van der Waals surface area contributed by atoms with Gasteiger partial charge in [-0.05, 0) is 29.2 Å². The summed E-state index contributed by atoms with van der Waals surface area (Å²) in [6.07, 6.45) is 0.987.